The normalized spacial score (nSPS) is 18.7. The third kappa shape index (κ3) is 4.63. The van der Waals surface area contributed by atoms with Gasteiger partial charge in [0, 0.05) is 6.04 Å². The predicted octanol–water partition coefficient (Wildman–Crippen LogP) is 5.26. The summed E-state index contributed by atoms with van der Waals surface area (Å²) in [5, 5.41) is 3.54. The van der Waals surface area contributed by atoms with Crippen LogP contribution in [0.4, 0.5) is 0 Å². The third-order valence-electron chi connectivity index (χ3n) is 4.81. The molecule has 1 aliphatic carbocycles. The minimum atomic E-state index is 0.536. The van der Waals surface area contributed by atoms with Crippen molar-refractivity contribution in [3.05, 3.63) is 35.4 Å². The first kappa shape index (κ1) is 15.6. The number of rotatable bonds is 6. The molecule has 1 heteroatoms. The van der Waals surface area contributed by atoms with E-state index in [0.29, 0.717) is 6.04 Å². The van der Waals surface area contributed by atoms with Gasteiger partial charge in [-0.2, -0.15) is 0 Å². The third-order valence-corrected chi connectivity index (χ3v) is 4.81. The molecule has 1 fully saturated rings. The largest absolute Gasteiger partial charge is 0.313 e. The van der Waals surface area contributed by atoms with Crippen LogP contribution in [0.1, 0.15) is 75.5 Å². The maximum atomic E-state index is 3.54. The van der Waals surface area contributed by atoms with Crippen LogP contribution in [0.2, 0.25) is 0 Å². The second-order valence-corrected chi connectivity index (χ2v) is 6.43. The Morgan fingerprint density at radius 1 is 1.05 bits per heavy atom. The Labute approximate surface area is 125 Å². The van der Waals surface area contributed by atoms with E-state index in [9.17, 15) is 0 Å². The van der Waals surface area contributed by atoms with Gasteiger partial charge in [-0.3, -0.25) is 0 Å². The van der Waals surface area contributed by atoms with Crippen LogP contribution < -0.4 is 5.32 Å². The van der Waals surface area contributed by atoms with Crippen molar-refractivity contribution in [3.63, 3.8) is 0 Å². The molecule has 0 saturated heterocycles. The second-order valence-electron chi connectivity index (χ2n) is 6.43. The van der Waals surface area contributed by atoms with Gasteiger partial charge in [0.1, 0.15) is 0 Å². The van der Waals surface area contributed by atoms with Gasteiger partial charge in [-0.05, 0) is 36.9 Å². The van der Waals surface area contributed by atoms with Crippen LogP contribution >= 0.6 is 0 Å². The average molecular weight is 273 g/mol. The van der Waals surface area contributed by atoms with Crippen molar-refractivity contribution >= 4 is 0 Å². The molecule has 0 radical (unpaired) electrons. The summed E-state index contributed by atoms with van der Waals surface area (Å²) in [5.41, 5.74) is 2.94. The number of hydrogen-bond donors (Lipinski definition) is 1. The summed E-state index contributed by atoms with van der Waals surface area (Å²) < 4.78 is 0. The van der Waals surface area contributed by atoms with Gasteiger partial charge >= 0.3 is 0 Å². The smallest absolute Gasteiger partial charge is 0.0320 e. The van der Waals surface area contributed by atoms with Gasteiger partial charge in [-0.25, -0.2) is 0 Å². The molecule has 0 bridgehead atoms. The van der Waals surface area contributed by atoms with Crippen molar-refractivity contribution in [1.82, 2.24) is 5.32 Å². The molecule has 0 spiro atoms. The molecular formula is C19H31N. The van der Waals surface area contributed by atoms with Crippen molar-refractivity contribution in [2.75, 3.05) is 7.05 Å². The molecule has 1 saturated carbocycles. The minimum absolute atomic E-state index is 0.536. The van der Waals surface area contributed by atoms with Crippen LogP contribution in [-0.4, -0.2) is 7.05 Å². The van der Waals surface area contributed by atoms with Crippen LogP contribution in [-0.2, 0) is 6.42 Å². The fourth-order valence-corrected chi connectivity index (χ4v) is 3.56. The summed E-state index contributed by atoms with van der Waals surface area (Å²) in [6, 6.07) is 9.84. The topological polar surface area (TPSA) is 12.0 Å². The Morgan fingerprint density at radius 2 is 1.70 bits per heavy atom. The zero-order valence-corrected chi connectivity index (χ0v) is 13.3. The highest BCUT2D eigenvalue weighted by atomic mass is 14.9. The number of benzene rings is 1. The van der Waals surface area contributed by atoms with E-state index in [-0.39, 0.29) is 0 Å². The summed E-state index contributed by atoms with van der Waals surface area (Å²) in [4.78, 5) is 0. The van der Waals surface area contributed by atoms with Crippen molar-refractivity contribution < 1.29 is 0 Å². The van der Waals surface area contributed by atoms with Gasteiger partial charge in [0.15, 0.2) is 0 Å². The van der Waals surface area contributed by atoms with Crippen LogP contribution in [0.3, 0.4) is 0 Å². The lowest BCUT2D eigenvalue weighted by Crippen LogP contribution is -2.20. The molecule has 0 aliphatic heterocycles. The Morgan fingerprint density at radius 3 is 2.25 bits per heavy atom. The Hall–Kier alpha value is -0.820. The van der Waals surface area contributed by atoms with E-state index in [0.717, 1.165) is 5.92 Å². The molecule has 1 nitrogen and oxygen atoms in total. The van der Waals surface area contributed by atoms with E-state index in [1.54, 1.807) is 0 Å². The molecule has 0 amide bonds. The van der Waals surface area contributed by atoms with Gasteiger partial charge in [0.25, 0.3) is 0 Å². The first-order valence-corrected chi connectivity index (χ1v) is 8.59. The first-order chi connectivity index (χ1) is 9.83. The fraction of sp³-hybridized carbons (Fsp3) is 0.684. The SMILES string of the molecule is CCCc1ccc(C(CC2CCCCCC2)NC)cc1. The predicted molar refractivity (Wildman–Crippen MR) is 88.0 cm³/mol. The highest BCUT2D eigenvalue weighted by molar-refractivity contribution is 5.25. The van der Waals surface area contributed by atoms with Crippen molar-refractivity contribution in [2.24, 2.45) is 5.92 Å². The zero-order valence-electron chi connectivity index (χ0n) is 13.3. The summed E-state index contributed by atoms with van der Waals surface area (Å²) in [6.07, 6.45) is 12.4. The van der Waals surface area contributed by atoms with Gasteiger partial charge in [-0.15, -0.1) is 0 Å². The summed E-state index contributed by atoms with van der Waals surface area (Å²) in [5.74, 6) is 0.922. The van der Waals surface area contributed by atoms with Crippen molar-refractivity contribution in [2.45, 2.75) is 70.8 Å². The summed E-state index contributed by atoms with van der Waals surface area (Å²) >= 11 is 0. The fourth-order valence-electron chi connectivity index (χ4n) is 3.56. The number of nitrogens with one attached hydrogen (secondary N) is 1. The van der Waals surface area contributed by atoms with Crippen LogP contribution in [0.5, 0.6) is 0 Å². The highest BCUT2D eigenvalue weighted by Crippen LogP contribution is 2.31. The van der Waals surface area contributed by atoms with E-state index >= 15 is 0 Å². The molecule has 1 atom stereocenters. The van der Waals surface area contributed by atoms with Gasteiger partial charge in [0.05, 0.1) is 0 Å². The molecule has 112 valence electrons. The molecule has 20 heavy (non-hydrogen) atoms. The van der Waals surface area contributed by atoms with Gasteiger partial charge in [0.2, 0.25) is 0 Å². The molecule has 2 rings (SSSR count). The van der Waals surface area contributed by atoms with E-state index in [4.69, 9.17) is 0 Å². The quantitative estimate of drug-likeness (QED) is 0.697. The van der Waals surface area contributed by atoms with Crippen LogP contribution in [0.15, 0.2) is 24.3 Å². The first-order valence-electron chi connectivity index (χ1n) is 8.59. The standard InChI is InChI=1S/C19H31N/c1-3-8-16-11-13-18(14-12-16)19(20-2)15-17-9-6-4-5-7-10-17/h11-14,17,19-20H,3-10,15H2,1-2H3. The van der Waals surface area contributed by atoms with Crippen LogP contribution in [0.25, 0.3) is 0 Å². The molecule has 1 aromatic carbocycles. The number of aryl methyl sites for hydroxylation is 1. The van der Waals surface area contributed by atoms with Crippen LogP contribution in [0, 0.1) is 5.92 Å². The highest BCUT2D eigenvalue weighted by Gasteiger charge is 2.18. The average Bonchev–Trinajstić information content (AvgIpc) is 2.75. The van der Waals surface area contributed by atoms with Gasteiger partial charge < -0.3 is 5.32 Å². The molecular weight excluding hydrogens is 242 g/mol. The molecule has 1 unspecified atom stereocenters. The maximum absolute atomic E-state index is 3.54. The lowest BCUT2D eigenvalue weighted by atomic mass is 9.89. The molecule has 1 aliphatic rings. The van der Waals surface area contributed by atoms with Crippen molar-refractivity contribution in [3.8, 4) is 0 Å². The lowest BCUT2D eigenvalue weighted by Gasteiger charge is -2.23. The van der Waals surface area contributed by atoms with E-state index in [1.165, 1.54) is 68.9 Å². The molecule has 0 heterocycles. The Balaban J connectivity index is 1.95. The monoisotopic (exact) mass is 273 g/mol. The Bertz CT molecular complexity index is 360. The zero-order chi connectivity index (χ0) is 14.2. The molecule has 1 N–H and O–H groups in total. The van der Waals surface area contributed by atoms with E-state index in [1.807, 2.05) is 0 Å². The maximum Gasteiger partial charge on any atom is 0.0320 e. The number of hydrogen-bond acceptors (Lipinski definition) is 1. The second kappa shape index (κ2) is 8.46. The summed E-state index contributed by atoms with van der Waals surface area (Å²) in [6.45, 7) is 2.25. The molecule has 1 aromatic rings. The van der Waals surface area contributed by atoms with E-state index < -0.39 is 0 Å². The van der Waals surface area contributed by atoms with Crippen molar-refractivity contribution in [1.29, 1.82) is 0 Å². The Kier molecular flexibility index (Phi) is 6.59. The van der Waals surface area contributed by atoms with Gasteiger partial charge in [-0.1, -0.05) is 76.1 Å². The minimum Gasteiger partial charge on any atom is -0.313 e. The summed E-state index contributed by atoms with van der Waals surface area (Å²) in [7, 11) is 2.11. The molecule has 0 aromatic heterocycles. The lowest BCUT2D eigenvalue weighted by molar-refractivity contribution is 0.368. The van der Waals surface area contributed by atoms with E-state index in [2.05, 4.69) is 43.6 Å².